The number of para-hydroxylation sites is 2. The average molecular weight is 1770 g/mol. The van der Waals surface area contributed by atoms with E-state index in [1.807, 2.05) is 34.2 Å². The third-order valence-corrected chi connectivity index (χ3v) is 17.9. The Balaban J connectivity index is 0.00000550. The molecule has 125 heavy (non-hydrogen) atoms. The number of carboxylic acids is 5. The van der Waals surface area contributed by atoms with Crippen molar-refractivity contribution >= 4 is 141 Å². The van der Waals surface area contributed by atoms with E-state index in [0.29, 0.717) is 35.7 Å². The first-order chi connectivity index (χ1) is 58.8. The molecular weight excluding hydrogens is 1670 g/mol. The zero-order chi connectivity index (χ0) is 94.0. The largest absolute Gasteiger partial charge is 0.490 e. The molecule has 14 amide bonds. The van der Waals surface area contributed by atoms with E-state index >= 15 is 0 Å². The van der Waals surface area contributed by atoms with E-state index in [1.54, 1.807) is 36.5 Å². The number of amides is 14. The van der Waals surface area contributed by atoms with Crippen LogP contribution in [0.4, 0.5) is 18.9 Å². The summed E-state index contributed by atoms with van der Waals surface area (Å²) in [5.41, 5.74) is 18.0. The highest BCUT2D eigenvalue weighted by Gasteiger charge is 2.42. The first kappa shape index (κ1) is 105. The number of alkyl halides is 3. The molecule has 1 aliphatic rings. The van der Waals surface area contributed by atoms with E-state index < -0.39 is 274 Å². The molecule has 0 radical (unpaired) electrons. The number of unbranched alkanes of at least 4 members (excludes halogenated alkanes) is 2. The lowest BCUT2D eigenvalue weighted by Gasteiger charge is -2.30. The summed E-state index contributed by atoms with van der Waals surface area (Å²) in [5, 5.41) is 85.6. The minimum Gasteiger partial charge on any atom is -0.481 e. The molecule has 26 N–H and O–H groups in total. The Kier molecular flexibility index (Phi) is 44.4. The predicted octanol–water partition coefficient (Wildman–Crippen LogP) is -4.49. The van der Waals surface area contributed by atoms with Crippen molar-refractivity contribution in [3.8, 4) is 0 Å². The maximum atomic E-state index is 14.9. The number of aliphatic hydroxyl groups excluding tert-OH is 1. The number of rotatable bonds is 35. The minimum atomic E-state index is -5.08. The number of allylic oxidation sites excluding steroid dienone is 5. The number of aromatic nitrogens is 1. The van der Waals surface area contributed by atoms with E-state index in [2.05, 4.69) is 71.2 Å². The van der Waals surface area contributed by atoms with E-state index in [0.717, 1.165) is 33.6 Å². The molecule has 13 atom stereocenters. The number of cyclic esters (lactones) is 1. The number of carbonyl (C=O) groups excluding carboxylic acids is 16. The summed E-state index contributed by atoms with van der Waals surface area (Å²) in [5.74, 6) is -32.9. The summed E-state index contributed by atoms with van der Waals surface area (Å²) in [4.78, 5) is 285. The fourth-order valence-corrected chi connectivity index (χ4v) is 11.5. The molecule has 48 heteroatoms. The first-order valence-electron chi connectivity index (χ1n) is 38.5. The number of aliphatic carboxylic acids is 5. The van der Waals surface area contributed by atoms with Gasteiger partial charge in [0.25, 0.3) is 0 Å². The van der Waals surface area contributed by atoms with Gasteiger partial charge in [0, 0.05) is 41.2 Å². The van der Waals surface area contributed by atoms with Gasteiger partial charge in [-0.2, -0.15) is 13.2 Å². The second-order valence-corrected chi connectivity index (χ2v) is 28.1. The number of primary amides is 1. The molecule has 0 aliphatic carbocycles. The van der Waals surface area contributed by atoms with Crippen molar-refractivity contribution in [1.29, 1.82) is 0 Å². The molecular formula is C77H102F3N17O28. The van der Waals surface area contributed by atoms with Crippen LogP contribution in [0.1, 0.15) is 127 Å². The number of benzene rings is 2. The molecule has 1 fully saturated rings. The van der Waals surface area contributed by atoms with E-state index in [4.69, 9.17) is 31.8 Å². The van der Waals surface area contributed by atoms with E-state index in [9.17, 15) is 135 Å². The van der Waals surface area contributed by atoms with Crippen LogP contribution < -0.4 is 86.3 Å². The van der Waals surface area contributed by atoms with Crippen LogP contribution in [-0.2, 0) is 107 Å². The van der Waals surface area contributed by atoms with Crippen molar-refractivity contribution in [2.75, 3.05) is 32.0 Å². The zero-order valence-corrected chi connectivity index (χ0v) is 67.9. The molecule has 45 nitrogen and oxygen atoms in total. The summed E-state index contributed by atoms with van der Waals surface area (Å²) in [6, 6.07) is -10.8. The minimum absolute atomic E-state index is 0.0984. The SMILES string of the molecule is CCC/C=C\C/C=C\CC/C=C/C(=O)N[C@@H](Cc1c[nH]c2ccccc12)C(=O)N[C@@H](CC(N)=O)C(=O)N[C@@H](CC(=O)O)C(=O)N[C@@H]1C(=O)NCC(=O)N[C@@H](CCCN)C(=O)N[C@@H](CC(=O)O)C(=O)N[C@H](C)C(=O)N[C@@H](CC(=O)O)C(=O)NCC(=O)N[C@H](CO)C(=O)N[C@@H]([C@H](C)CC(=O)O)C(=O)N[C@@H](CC(=O)c2ccccc2N)C(=O)O[C@@H]1C.O=C(O)C(F)(F)F. The molecule has 4 rings (SSSR count). The number of nitrogens with two attached hydrogens (primary N) is 3. The first-order valence-corrected chi connectivity index (χ1v) is 38.5. The molecule has 2 heterocycles. The molecule has 0 spiro atoms. The number of carboxylic acid groups (broad SMARTS) is 5. The van der Waals surface area contributed by atoms with Gasteiger partial charge in [0.05, 0.1) is 51.8 Å². The summed E-state index contributed by atoms with van der Waals surface area (Å²) < 4.78 is 37.4. The van der Waals surface area contributed by atoms with Gasteiger partial charge in [-0.3, -0.25) is 91.1 Å². The number of hydrogen-bond acceptors (Lipinski definition) is 25. The van der Waals surface area contributed by atoms with Gasteiger partial charge in [0.2, 0.25) is 82.7 Å². The van der Waals surface area contributed by atoms with Crippen LogP contribution >= 0.6 is 0 Å². The second-order valence-electron chi connectivity index (χ2n) is 28.1. The summed E-state index contributed by atoms with van der Waals surface area (Å²) in [6.07, 6.45) is 0.712. The van der Waals surface area contributed by atoms with Gasteiger partial charge >= 0.3 is 42.0 Å². The quantitative estimate of drug-likeness (QED) is 0.00659. The Morgan fingerprint density at radius 1 is 0.576 bits per heavy atom. The fraction of sp³-hybridized carbons (Fsp3) is 0.468. The zero-order valence-electron chi connectivity index (χ0n) is 67.9. The number of nitrogens with one attached hydrogen (secondary N) is 14. The fourth-order valence-electron chi connectivity index (χ4n) is 11.5. The molecule has 0 bridgehead atoms. The molecule has 0 saturated carbocycles. The number of anilines is 1. The maximum Gasteiger partial charge on any atom is 0.490 e. The number of nitrogen functional groups attached to an aromatic ring is 1. The summed E-state index contributed by atoms with van der Waals surface area (Å²) in [6.45, 7) is 1.07. The maximum absolute atomic E-state index is 14.9. The van der Waals surface area contributed by atoms with Crippen molar-refractivity contribution in [1.82, 2.24) is 74.1 Å². The number of aromatic amines is 1. The second kappa shape index (κ2) is 52.8. The van der Waals surface area contributed by atoms with Gasteiger partial charge in [-0.15, -0.1) is 0 Å². The Morgan fingerprint density at radius 3 is 1.68 bits per heavy atom. The summed E-state index contributed by atoms with van der Waals surface area (Å²) >= 11 is 0. The lowest BCUT2D eigenvalue weighted by atomic mass is 9.96. The molecule has 1 aromatic heterocycles. The smallest absolute Gasteiger partial charge is 0.481 e. The van der Waals surface area contributed by atoms with Gasteiger partial charge in [0.1, 0.15) is 72.6 Å². The van der Waals surface area contributed by atoms with Crippen molar-refractivity contribution < 1.29 is 149 Å². The molecule has 1 saturated heterocycles. The highest BCUT2D eigenvalue weighted by Crippen LogP contribution is 2.22. The van der Waals surface area contributed by atoms with Gasteiger partial charge in [-0.25, -0.2) is 9.59 Å². The number of aliphatic hydroxyl groups is 1. The third-order valence-electron chi connectivity index (χ3n) is 17.9. The Hall–Kier alpha value is -14.2. The number of esters is 1. The van der Waals surface area contributed by atoms with Crippen LogP contribution in [0.3, 0.4) is 0 Å². The number of ether oxygens (including phenoxy) is 1. The normalized spacial score (nSPS) is 20.6. The van der Waals surface area contributed by atoms with Crippen LogP contribution in [-0.4, -0.2) is 265 Å². The standard InChI is InChI=1S/C75H101N17O26.C2HF3O2/c1-5-6-7-8-9-10-11-12-13-14-25-56(96)84-47(28-41-34-79-45-23-18-16-20-42(41)45)69(111)87-48(30-55(78)95)70(112)89-51(33-62(105)106)71(113)92-64-40(4)118-75(117)52(29-54(94)43-21-15-17-22-44(43)77)90-74(116)63(38(2)27-59(99)100)91-72(114)53(37-93)85-58(98)35-80-66(108)49(31-60(101)102)86-65(107)39(3)82-68(110)50(32-61(103)104)88-67(109)46(24-19-26-76)83-57(97)36-81-73(64)115;3-2(4,5)1(6)7/h7-8,10-11,14-18,20-23,25,34,38-40,46-53,63-64,79,93H,5-6,9,12-13,19,24,26-33,35-37,76-77H2,1-4H3,(H2,78,95)(H,80,108)(H,81,115)(H,82,110)(H,83,97)(H,84,96)(H,85,98)(H,86,107)(H,87,111)(H,88,109)(H,89,112)(H,90,116)(H,91,114)(H,92,113)(H,99,100)(H,101,102)(H,103,104)(H,105,106);(H,6,7)/b8-7-,11-10-,25-14+;/t38-,39-,40-,46+,47+,48+,49+,50+,51+,52+,53-,63+,64+;/m1./s1. The Labute approximate surface area is 709 Å². The molecule has 684 valence electrons. The highest BCUT2D eigenvalue weighted by atomic mass is 19.4. The lowest BCUT2D eigenvalue weighted by Crippen LogP contribution is -2.62. The topological polar surface area (TPSA) is 739 Å². The summed E-state index contributed by atoms with van der Waals surface area (Å²) in [7, 11) is 0. The number of H-pyrrole nitrogens is 1. The Bertz CT molecular complexity index is 4500. The van der Waals surface area contributed by atoms with Crippen LogP contribution in [0.25, 0.3) is 10.9 Å². The van der Waals surface area contributed by atoms with Gasteiger partial charge in [-0.1, -0.05) is 81.0 Å². The number of hydrogen-bond donors (Lipinski definition) is 23. The highest BCUT2D eigenvalue weighted by molar-refractivity contribution is 6.05. The molecule has 0 unspecified atom stereocenters. The van der Waals surface area contributed by atoms with Crippen molar-refractivity contribution in [2.24, 2.45) is 17.4 Å². The van der Waals surface area contributed by atoms with E-state index in [1.165, 1.54) is 30.3 Å². The molecule has 3 aromatic rings. The van der Waals surface area contributed by atoms with Gasteiger partial charge in [0.15, 0.2) is 5.78 Å². The van der Waals surface area contributed by atoms with Crippen LogP contribution in [0.15, 0.2) is 91.2 Å². The van der Waals surface area contributed by atoms with E-state index in [-0.39, 0.29) is 30.6 Å². The number of halogens is 3. The number of ketones is 1. The van der Waals surface area contributed by atoms with Crippen LogP contribution in [0.2, 0.25) is 0 Å². The molecule has 2 aromatic carbocycles. The van der Waals surface area contributed by atoms with Gasteiger partial charge < -0.3 is 127 Å². The van der Waals surface area contributed by atoms with Crippen molar-refractivity contribution in [3.05, 3.63) is 102 Å². The Morgan fingerprint density at radius 2 is 1.10 bits per heavy atom. The number of Topliss-reactive ketones (excluding diaryl/α,β-unsaturated/α-hetero) is 1. The van der Waals surface area contributed by atoms with Crippen molar-refractivity contribution in [3.63, 3.8) is 0 Å². The monoisotopic (exact) mass is 1770 g/mol. The average Bonchev–Trinajstić information content (AvgIpc) is 1.73. The number of fused-ring (bicyclic) bond motifs is 1. The van der Waals surface area contributed by atoms with Gasteiger partial charge in [-0.05, 0) is 94.7 Å². The molecule has 1 aliphatic heterocycles. The van der Waals surface area contributed by atoms with Crippen molar-refractivity contribution in [2.45, 2.75) is 196 Å². The lowest BCUT2D eigenvalue weighted by molar-refractivity contribution is -0.192. The predicted molar refractivity (Wildman–Crippen MR) is 428 cm³/mol. The third kappa shape index (κ3) is 38.2. The van der Waals surface area contributed by atoms with Crippen LogP contribution in [0.5, 0.6) is 0 Å². The van der Waals surface area contributed by atoms with Crippen LogP contribution in [0, 0.1) is 5.92 Å². The number of carbonyl (C=O) groups is 21.